The lowest BCUT2D eigenvalue weighted by atomic mass is 10.0. The van der Waals surface area contributed by atoms with Crippen LogP contribution in [-0.2, 0) is 10.0 Å². The first-order chi connectivity index (χ1) is 6.70. The molecule has 0 saturated carbocycles. The molecule has 0 aliphatic carbocycles. The molecule has 0 fully saturated rings. The zero-order valence-electron chi connectivity index (χ0n) is 10.6. The molecule has 4 heteroatoms. The van der Waals surface area contributed by atoms with Gasteiger partial charge in [-0.25, -0.2) is 13.1 Å². The van der Waals surface area contributed by atoms with Crippen molar-refractivity contribution in [1.82, 2.24) is 4.72 Å². The minimum atomic E-state index is -3.10. The quantitative estimate of drug-likeness (QED) is 0.768. The van der Waals surface area contributed by atoms with Crippen LogP contribution in [-0.4, -0.2) is 20.7 Å². The van der Waals surface area contributed by atoms with E-state index in [4.69, 9.17) is 0 Å². The highest BCUT2D eigenvalue weighted by Crippen LogP contribution is 2.15. The molecule has 0 aromatic rings. The Bertz CT molecular complexity index is 261. The molecule has 0 unspecified atom stereocenters. The first kappa shape index (κ1) is 14.9. The fourth-order valence-electron chi connectivity index (χ4n) is 1.44. The third kappa shape index (κ3) is 7.79. The Morgan fingerprint density at radius 3 is 1.93 bits per heavy atom. The SMILES string of the molecule is CCC(CC)CNS(=O)(=O)CC(C)(C)C. The standard InChI is InChI=1S/C11H25NO2S/c1-6-10(7-2)8-12-15(13,14)9-11(3,4)5/h10,12H,6-9H2,1-5H3. The smallest absolute Gasteiger partial charge is 0.212 e. The largest absolute Gasteiger partial charge is 0.215 e. The average Bonchev–Trinajstić information content (AvgIpc) is 2.01. The molecule has 0 spiro atoms. The Balaban J connectivity index is 4.16. The maximum absolute atomic E-state index is 11.7. The van der Waals surface area contributed by atoms with E-state index in [0.717, 1.165) is 12.8 Å². The van der Waals surface area contributed by atoms with Gasteiger partial charge in [0.05, 0.1) is 5.75 Å². The van der Waals surface area contributed by atoms with Gasteiger partial charge in [-0.15, -0.1) is 0 Å². The van der Waals surface area contributed by atoms with E-state index in [-0.39, 0.29) is 11.2 Å². The van der Waals surface area contributed by atoms with Gasteiger partial charge in [0.2, 0.25) is 10.0 Å². The zero-order chi connectivity index (χ0) is 12.1. The van der Waals surface area contributed by atoms with Crippen molar-refractivity contribution in [3.8, 4) is 0 Å². The highest BCUT2D eigenvalue weighted by atomic mass is 32.2. The van der Waals surface area contributed by atoms with Crippen LogP contribution in [0.25, 0.3) is 0 Å². The Morgan fingerprint density at radius 1 is 1.13 bits per heavy atom. The summed E-state index contributed by atoms with van der Waals surface area (Å²) in [5, 5.41) is 0. The first-order valence-corrected chi connectivity index (χ1v) is 7.32. The Hall–Kier alpha value is -0.0900. The predicted octanol–water partition coefficient (Wildman–Crippen LogP) is 2.39. The Kier molecular flexibility index (Phi) is 5.81. The topological polar surface area (TPSA) is 46.2 Å². The Labute approximate surface area is 94.7 Å². The summed E-state index contributed by atoms with van der Waals surface area (Å²) in [5.41, 5.74) is -0.181. The molecule has 0 aromatic heterocycles. The van der Waals surface area contributed by atoms with E-state index in [9.17, 15) is 8.42 Å². The Morgan fingerprint density at radius 2 is 1.60 bits per heavy atom. The fourth-order valence-corrected chi connectivity index (χ4v) is 3.18. The summed E-state index contributed by atoms with van der Waals surface area (Å²) in [7, 11) is -3.10. The number of hydrogen-bond donors (Lipinski definition) is 1. The molecule has 0 aliphatic rings. The highest BCUT2D eigenvalue weighted by molar-refractivity contribution is 7.89. The molecule has 3 nitrogen and oxygen atoms in total. The minimum absolute atomic E-state index is 0.181. The van der Waals surface area contributed by atoms with Crippen LogP contribution in [0.3, 0.4) is 0 Å². The van der Waals surface area contributed by atoms with Crippen LogP contribution in [0.15, 0.2) is 0 Å². The van der Waals surface area contributed by atoms with Gasteiger partial charge in [-0.05, 0) is 11.3 Å². The third-order valence-corrected chi connectivity index (χ3v) is 4.22. The monoisotopic (exact) mass is 235 g/mol. The average molecular weight is 235 g/mol. The maximum Gasteiger partial charge on any atom is 0.212 e. The van der Waals surface area contributed by atoms with Gasteiger partial charge in [0, 0.05) is 6.54 Å². The highest BCUT2D eigenvalue weighted by Gasteiger charge is 2.21. The van der Waals surface area contributed by atoms with Crippen LogP contribution >= 0.6 is 0 Å². The van der Waals surface area contributed by atoms with Crippen LogP contribution in [0.2, 0.25) is 0 Å². The summed E-state index contributed by atoms with van der Waals surface area (Å²) in [6.07, 6.45) is 2.04. The third-order valence-electron chi connectivity index (χ3n) is 2.37. The summed E-state index contributed by atoms with van der Waals surface area (Å²) in [6, 6.07) is 0. The fraction of sp³-hybridized carbons (Fsp3) is 1.00. The van der Waals surface area contributed by atoms with E-state index >= 15 is 0 Å². The van der Waals surface area contributed by atoms with Crippen molar-refractivity contribution < 1.29 is 8.42 Å². The van der Waals surface area contributed by atoms with E-state index in [0.29, 0.717) is 12.5 Å². The number of hydrogen-bond acceptors (Lipinski definition) is 2. The molecule has 92 valence electrons. The molecule has 0 saturated heterocycles. The molecule has 0 radical (unpaired) electrons. The summed E-state index contributed by atoms with van der Waals surface area (Å²) in [5.74, 6) is 0.653. The molecule has 0 rings (SSSR count). The number of rotatable bonds is 6. The lowest BCUT2D eigenvalue weighted by Gasteiger charge is -2.20. The van der Waals surface area contributed by atoms with E-state index in [2.05, 4.69) is 18.6 Å². The molecule has 0 aliphatic heterocycles. The molecular weight excluding hydrogens is 210 g/mol. The van der Waals surface area contributed by atoms with Crippen molar-refractivity contribution in [3.05, 3.63) is 0 Å². The van der Waals surface area contributed by atoms with Gasteiger partial charge in [-0.1, -0.05) is 47.5 Å². The van der Waals surface area contributed by atoms with Gasteiger partial charge in [0.1, 0.15) is 0 Å². The second-order valence-corrected chi connectivity index (χ2v) is 7.16. The second-order valence-electron chi connectivity index (χ2n) is 5.35. The van der Waals surface area contributed by atoms with Crippen LogP contribution in [0.1, 0.15) is 47.5 Å². The second kappa shape index (κ2) is 5.85. The molecular formula is C11H25NO2S. The van der Waals surface area contributed by atoms with E-state index in [1.165, 1.54) is 0 Å². The van der Waals surface area contributed by atoms with Crippen LogP contribution in [0.5, 0.6) is 0 Å². The van der Waals surface area contributed by atoms with Gasteiger partial charge in [-0.2, -0.15) is 0 Å². The number of nitrogens with one attached hydrogen (secondary N) is 1. The van der Waals surface area contributed by atoms with E-state index < -0.39 is 10.0 Å². The molecule has 0 heterocycles. The lowest BCUT2D eigenvalue weighted by Crippen LogP contribution is -2.35. The molecule has 1 N–H and O–H groups in total. The van der Waals surface area contributed by atoms with Gasteiger partial charge in [0.25, 0.3) is 0 Å². The van der Waals surface area contributed by atoms with Gasteiger partial charge in [-0.3, -0.25) is 0 Å². The van der Waals surface area contributed by atoms with Crippen molar-refractivity contribution in [3.63, 3.8) is 0 Å². The van der Waals surface area contributed by atoms with Crippen LogP contribution < -0.4 is 4.72 Å². The molecule has 0 bridgehead atoms. The predicted molar refractivity (Wildman–Crippen MR) is 65.3 cm³/mol. The molecule has 15 heavy (non-hydrogen) atoms. The molecule has 0 amide bonds. The van der Waals surface area contributed by atoms with Crippen LogP contribution in [0, 0.1) is 11.3 Å². The van der Waals surface area contributed by atoms with Gasteiger partial charge >= 0.3 is 0 Å². The summed E-state index contributed by atoms with van der Waals surface area (Å²) in [4.78, 5) is 0. The van der Waals surface area contributed by atoms with E-state index in [1.54, 1.807) is 0 Å². The van der Waals surface area contributed by atoms with Gasteiger partial charge in [0.15, 0.2) is 0 Å². The maximum atomic E-state index is 11.7. The molecule has 0 atom stereocenters. The number of sulfonamides is 1. The summed E-state index contributed by atoms with van der Waals surface area (Å²) >= 11 is 0. The van der Waals surface area contributed by atoms with Crippen molar-refractivity contribution >= 4 is 10.0 Å². The lowest BCUT2D eigenvalue weighted by molar-refractivity contribution is 0.446. The zero-order valence-corrected chi connectivity index (χ0v) is 11.4. The summed E-state index contributed by atoms with van der Waals surface area (Å²) < 4.78 is 26.0. The first-order valence-electron chi connectivity index (χ1n) is 5.67. The minimum Gasteiger partial charge on any atom is -0.215 e. The normalized spacial score (nSPS) is 13.5. The van der Waals surface area contributed by atoms with Crippen molar-refractivity contribution in [2.45, 2.75) is 47.5 Å². The van der Waals surface area contributed by atoms with Crippen LogP contribution in [0.4, 0.5) is 0 Å². The molecule has 0 aromatic carbocycles. The van der Waals surface area contributed by atoms with Crippen molar-refractivity contribution in [1.29, 1.82) is 0 Å². The van der Waals surface area contributed by atoms with Crippen molar-refractivity contribution in [2.75, 3.05) is 12.3 Å². The van der Waals surface area contributed by atoms with Gasteiger partial charge < -0.3 is 0 Å². The summed E-state index contributed by atoms with van der Waals surface area (Å²) in [6.45, 7) is 10.6. The van der Waals surface area contributed by atoms with E-state index in [1.807, 2.05) is 20.8 Å². The van der Waals surface area contributed by atoms with Crippen molar-refractivity contribution in [2.24, 2.45) is 11.3 Å².